The Labute approximate surface area is 192 Å². The number of amides is 3. The zero-order valence-corrected chi connectivity index (χ0v) is 19.1. The van der Waals surface area contributed by atoms with Crippen LogP contribution in [0.1, 0.15) is 28.8 Å². The average molecular weight is 457 g/mol. The summed E-state index contributed by atoms with van der Waals surface area (Å²) in [6.07, 6.45) is 5.12. The van der Waals surface area contributed by atoms with Crippen molar-refractivity contribution in [3.8, 4) is 5.75 Å². The molecule has 170 valence electrons. The second-order valence-corrected chi connectivity index (χ2v) is 8.30. The number of benzene rings is 1. The number of hydrogen-bond donors (Lipinski definition) is 2. The molecule has 1 saturated heterocycles. The number of likely N-dealkylation sites (tertiary alicyclic amines) is 1. The first-order valence-electron chi connectivity index (χ1n) is 10.5. The molecule has 1 aliphatic rings. The molecule has 0 radical (unpaired) electrons. The van der Waals surface area contributed by atoms with Gasteiger partial charge < -0.3 is 20.3 Å². The van der Waals surface area contributed by atoms with Crippen LogP contribution in [0.4, 0.5) is 0 Å². The van der Waals surface area contributed by atoms with Crippen LogP contribution in [0.3, 0.4) is 0 Å². The number of carbonyl (C=O) groups excluding carboxylic acids is 3. The van der Waals surface area contributed by atoms with Gasteiger partial charge in [-0.3, -0.25) is 14.4 Å². The Balaban J connectivity index is 1.42. The first-order valence-corrected chi connectivity index (χ1v) is 11.7. The van der Waals surface area contributed by atoms with Crippen LogP contribution < -0.4 is 15.4 Å². The number of ether oxygens (including phenoxy) is 1. The fourth-order valence-corrected chi connectivity index (χ4v) is 4.19. The van der Waals surface area contributed by atoms with E-state index in [1.807, 2.05) is 29.4 Å². The summed E-state index contributed by atoms with van der Waals surface area (Å²) in [4.78, 5) is 43.2. The Morgan fingerprint density at radius 3 is 2.53 bits per heavy atom. The number of nitrogens with one attached hydrogen (secondary N) is 2. The molecule has 0 bridgehead atoms. The Morgan fingerprint density at radius 1 is 1.09 bits per heavy atom. The van der Waals surface area contributed by atoms with Crippen LogP contribution in [0.15, 0.2) is 47.6 Å². The molecule has 0 aliphatic carbocycles. The molecule has 1 aromatic carbocycles. The minimum atomic E-state index is -0.676. The van der Waals surface area contributed by atoms with Gasteiger partial charge in [-0.05, 0) is 43.2 Å². The third-order valence-corrected chi connectivity index (χ3v) is 6.20. The quantitative estimate of drug-likeness (QED) is 0.489. The number of para-hydroxylation sites is 1. The van der Waals surface area contributed by atoms with Gasteiger partial charge in [0, 0.05) is 37.9 Å². The standard InChI is InChI=1S/C23H28N4O4S/c1-31-19-8-4-3-6-17(19)15-26-21(29)20(28)25-14-16-9-12-27(13-10-16)23(30)18-7-5-11-24-22(18)32-2/h3-8,11,16H,9-10,12-15H2,1-2H3,(H,25,28)(H,26,29). The monoisotopic (exact) mass is 456 g/mol. The second-order valence-electron chi connectivity index (χ2n) is 7.50. The van der Waals surface area contributed by atoms with E-state index in [2.05, 4.69) is 15.6 Å². The lowest BCUT2D eigenvalue weighted by atomic mass is 9.96. The number of pyridine rings is 1. The summed E-state index contributed by atoms with van der Waals surface area (Å²) >= 11 is 1.46. The molecule has 0 saturated carbocycles. The van der Waals surface area contributed by atoms with Crippen LogP contribution in [0.2, 0.25) is 0 Å². The fraction of sp³-hybridized carbons (Fsp3) is 0.391. The van der Waals surface area contributed by atoms with Crippen molar-refractivity contribution < 1.29 is 19.1 Å². The van der Waals surface area contributed by atoms with Gasteiger partial charge in [-0.1, -0.05) is 18.2 Å². The van der Waals surface area contributed by atoms with Crippen molar-refractivity contribution >= 4 is 29.5 Å². The molecule has 2 N–H and O–H groups in total. The van der Waals surface area contributed by atoms with E-state index in [-0.39, 0.29) is 18.4 Å². The smallest absolute Gasteiger partial charge is 0.309 e. The van der Waals surface area contributed by atoms with Crippen molar-refractivity contribution in [2.45, 2.75) is 24.4 Å². The molecule has 3 amide bonds. The van der Waals surface area contributed by atoms with Crippen LogP contribution in [0, 0.1) is 5.92 Å². The van der Waals surface area contributed by atoms with Gasteiger partial charge in [-0.15, -0.1) is 11.8 Å². The van der Waals surface area contributed by atoms with Gasteiger partial charge in [0.05, 0.1) is 12.7 Å². The van der Waals surface area contributed by atoms with Crippen LogP contribution >= 0.6 is 11.8 Å². The van der Waals surface area contributed by atoms with E-state index in [0.717, 1.165) is 23.4 Å². The molecule has 2 aromatic rings. The van der Waals surface area contributed by atoms with E-state index >= 15 is 0 Å². The average Bonchev–Trinajstić information content (AvgIpc) is 2.85. The minimum absolute atomic E-state index is 0.0133. The van der Waals surface area contributed by atoms with Crippen LogP contribution in [0.25, 0.3) is 0 Å². The molecular weight excluding hydrogens is 428 g/mol. The number of nitrogens with zero attached hydrogens (tertiary/aromatic N) is 2. The number of hydrogen-bond acceptors (Lipinski definition) is 6. The molecule has 0 spiro atoms. The SMILES string of the molecule is COc1ccccc1CNC(=O)C(=O)NCC1CCN(C(=O)c2cccnc2SC)CC1. The molecule has 8 nitrogen and oxygen atoms in total. The third-order valence-electron chi connectivity index (χ3n) is 5.49. The zero-order valence-electron chi connectivity index (χ0n) is 18.3. The van der Waals surface area contributed by atoms with Crippen molar-refractivity contribution in [2.24, 2.45) is 5.92 Å². The summed E-state index contributed by atoms with van der Waals surface area (Å²) in [5, 5.41) is 6.06. The van der Waals surface area contributed by atoms with Gasteiger partial charge in [0.25, 0.3) is 5.91 Å². The Morgan fingerprint density at radius 2 is 1.81 bits per heavy atom. The van der Waals surface area contributed by atoms with Crippen molar-refractivity contribution in [3.63, 3.8) is 0 Å². The third kappa shape index (κ3) is 6.00. The number of rotatable bonds is 7. The van der Waals surface area contributed by atoms with E-state index in [4.69, 9.17) is 4.74 Å². The topological polar surface area (TPSA) is 101 Å². The molecule has 0 unspecified atom stereocenters. The fourth-order valence-electron chi connectivity index (χ4n) is 3.65. The highest BCUT2D eigenvalue weighted by atomic mass is 32.2. The summed E-state index contributed by atoms with van der Waals surface area (Å²) in [6.45, 7) is 1.85. The van der Waals surface area contributed by atoms with Crippen molar-refractivity contribution in [1.29, 1.82) is 0 Å². The summed E-state index contributed by atoms with van der Waals surface area (Å²) in [6, 6.07) is 10.9. The molecule has 9 heteroatoms. The maximum atomic E-state index is 12.8. The lowest BCUT2D eigenvalue weighted by Gasteiger charge is -2.32. The Kier molecular flexibility index (Phi) is 8.49. The summed E-state index contributed by atoms with van der Waals surface area (Å²) in [5.74, 6) is -0.465. The van der Waals surface area contributed by atoms with Crippen molar-refractivity contribution in [3.05, 3.63) is 53.7 Å². The molecule has 0 atom stereocenters. The zero-order chi connectivity index (χ0) is 22.9. The van der Waals surface area contributed by atoms with E-state index < -0.39 is 11.8 Å². The summed E-state index contributed by atoms with van der Waals surface area (Å²) in [5.41, 5.74) is 1.42. The van der Waals surface area contributed by atoms with Gasteiger partial charge in [0.15, 0.2) is 0 Å². The minimum Gasteiger partial charge on any atom is -0.496 e. The van der Waals surface area contributed by atoms with Crippen molar-refractivity contribution in [1.82, 2.24) is 20.5 Å². The normalized spacial score (nSPS) is 14.0. The maximum Gasteiger partial charge on any atom is 0.309 e. The van der Waals surface area contributed by atoms with Gasteiger partial charge in [-0.2, -0.15) is 0 Å². The lowest BCUT2D eigenvalue weighted by Crippen LogP contribution is -2.44. The van der Waals surface area contributed by atoms with E-state index in [0.29, 0.717) is 30.9 Å². The predicted molar refractivity (Wildman–Crippen MR) is 122 cm³/mol. The van der Waals surface area contributed by atoms with Crippen LogP contribution in [0.5, 0.6) is 5.75 Å². The number of methoxy groups -OCH3 is 1. The van der Waals surface area contributed by atoms with Crippen LogP contribution in [-0.2, 0) is 16.1 Å². The highest BCUT2D eigenvalue weighted by Crippen LogP contribution is 2.22. The Bertz CT molecular complexity index is 961. The van der Waals surface area contributed by atoms with Gasteiger partial charge in [0.1, 0.15) is 10.8 Å². The Hall–Kier alpha value is -3.07. The largest absolute Gasteiger partial charge is 0.496 e. The van der Waals surface area contributed by atoms with Gasteiger partial charge in [0.2, 0.25) is 0 Å². The van der Waals surface area contributed by atoms with Crippen molar-refractivity contribution in [2.75, 3.05) is 33.0 Å². The molecule has 32 heavy (non-hydrogen) atoms. The van der Waals surface area contributed by atoms with Gasteiger partial charge in [-0.25, -0.2) is 4.98 Å². The highest BCUT2D eigenvalue weighted by molar-refractivity contribution is 7.98. The molecule has 1 aromatic heterocycles. The lowest BCUT2D eigenvalue weighted by molar-refractivity contribution is -0.139. The molecular formula is C23H28N4O4S. The number of carbonyl (C=O) groups is 3. The van der Waals surface area contributed by atoms with E-state index in [1.165, 1.54) is 11.8 Å². The van der Waals surface area contributed by atoms with E-state index in [1.54, 1.807) is 31.5 Å². The van der Waals surface area contributed by atoms with Crippen LogP contribution in [-0.4, -0.2) is 60.6 Å². The first-order chi connectivity index (χ1) is 15.5. The number of aromatic nitrogens is 1. The summed E-state index contributed by atoms with van der Waals surface area (Å²) < 4.78 is 5.25. The maximum absolute atomic E-state index is 12.8. The summed E-state index contributed by atoms with van der Waals surface area (Å²) in [7, 11) is 1.56. The molecule has 3 rings (SSSR count). The van der Waals surface area contributed by atoms with Gasteiger partial charge >= 0.3 is 11.8 Å². The molecule has 1 aliphatic heterocycles. The molecule has 2 heterocycles. The predicted octanol–water partition coefficient (Wildman–Crippen LogP) is 2.10. The number of thioether (sulfide) groups is 1. The molecule has 1 fully saturated rings. The first kappa shape index (κ1) is 23.6. The van der Waals surface area contributed by atoms with E-state index in [9.17, 15) is 14.4 Å². The highest BCUT2D eigenvalue weighted by Gasteiger charge is 2.26. The second kappa shape index (κ2) is 11.5. The number of piperidine rings is 1.